The van der Waals surface area contributed by atoms with Gasteiger partial charge in [-0.15, -0.1) is 0 Å². The lowest BCUT2D eigenvalue weighted by atomic mass is 9.87. The van der Waals surface area contributed by atoms with E-state index in [1.807, 2.05) is 12.1 Å². The summed E-state index contributed by atoms with van der Waals surface area (Å²) in [6.45, 7) is 2.99. The summed E-state index contributed by atoms with van der Waals surface area (Å²) in [5.41, 5.74) is 2.46. The molecule has 2 heterocycles. The van der Waals surface area contributed by atoms with Crippen molar-refractivity contribution in [3.8, 4) is 0 Å². The summed E-state index contributed by atoms with van der Waals surface area (Å²) in [6.07, 6.45) is 0. The van der Waals surface area contributed by atoms with Gasteiger partial charge in [0.15, 0.2) is 0 Å². The molecule has 0 radical (unpaired) electrons. The highest BCUT2D eigenvalue weighted by atomic mass is 32.2. The standard InChI is InChI=1S/C19H22N2O2S/c1-20-11-16-13-21(24(22,23)17-8-3-2-4-9-17)12-15-7-5-6-10-18(15)19(16)14-20/h2-10,16,19H,11-14H2,1H3/t16-,19+/m0/s1. The van der Waals surface area contributed by atoms with E-state index in [4.69, 9.17) is 0 Å². The van der Waals surface area contributed by atoms with Gasteiger partial charge in [-0.1, -0.05) is 42.5 Å². The third-order valence-electron chi connectivity index (χ3n) is 5.24. The van der Waals surface area contributed by atoms with Gasteiger partial charge in [0, 0.05) is 32.1 Å². The number of fused-ring (bicyclic) bond motifs is 3. The summed E-state index contributed by atoms with van der Waals surface area (Å²) in [5, 5.41) is 0. The Morgan fingerprint density at radius 2 is 1.62 bits per heavy atom. The van der Waals surface area contributed by atoms with Gasteiger partial charge < -0.3 is 4.90 Å². The molecule has 4 rings (SSSR count). The molecular formula is C19H22N2O2S. The van der Waals surface area contributed by atoms with E-state index in [0.717, 1.165) is 18.7 Å². The molecule has 0 aromatic heterocycles. The minimum absolute atomic E-state index is 0.345. The van der Waals surface area contributed by atoms with Gasteiger partial charge in [-0.25, -0.2) is 8.42 Å². The van der Waals surface area contributed by atoms with Crippen molar-refractivity contribution in [2.45, 2.75) is 17.4 Å². The molecule has 0 spiro atoms. The van der Waals surface area contributed by atoms with E-state index in [9.17, 15) is 8.42 Å². The van der Waals surface area contributed by atoms with Crippen LogP contribution in [0.1, 0.15) is 17.0 Å². The fraction of sp³-hybridized carbons (Fsp3) is 0.368. The predicted molar refractivity (Wildman–Crippen MR) is 94.2 cm³/mol. The Labute approximate surface area is 143 Å². The van der Waals surface area contributed by atoms with E-state index in [-0.39, 0.29) is 0 Å². The summed E-state index contributed by atoms with van der Waals surface area (Å²) in [7, 11) is -1.35. The zero-order chi connectivity index (χ0) is 16.7. The van der Waals surface area contributed by atoms with E-state index in [0.29, 0.717) is 29.8 Å². The number of hydrogen-bond acceptors (Lipinski definition) is 3. The molecule has 2 atom stereocenters. The van der Waals surface area contributed by atoms with Crippen LogP contribution in [0.2, 0.25) is 0 Å². The first kappa shape index (κ1) is 15.8. The summed E-state index contributed by atoms with van der Waals surface area (Å²) in [5.74, 6) is 0.763. The zero-order valence-electron chi connectivity index (χ0n) is 13.8. The number of likely N-dealkylation sites (tertiary alicyclic amines) is 1. The molecule has 5 heteroatoms. The number of likely N-dealkylation sites (N-methyl/N-ethyl adjacent to an activating group) is 1. The van der Waals surface area contributed by atoms with Crippen molar-refractivity contribution < 1.29 is 8.42 Å². The fourth-order valence-corrected chi connectivity index (χ4v) is 5.60. The van der Waals surface area contributed by atoms with Crippen molar-refractivity contribution in [1.82, 2.24) is 9.21 Å². The van der Waals surface area contributed by atoms with Crippen molar-refractivity contribution in [3.63, 3.8) is 0 Å². The first-order valence-corrected chi connectivity index (χ1v) is 9.81. The molecule has 2 aromatic rings. The highest BCUT2D eigenvalue weighted by Gasteiger charge is 2.39. The molecular weight excluding hydrogens is 320 g/mol. The third-order valence-corrected chi connectivity index (χ3v) is 7.07. The van der Waals surface area contributed by atoms with Gasteiger partial charge in [0.1, 0.15) is 0 Å². The Bertz CT molecular complexity index is 835. The Hall–Kier alpha value is -1.69. The lowest BCUT2D eigenvalue weighted by Crippen LogP contribution is -2.35. The van der Waals surface area contributed by atoms with E-state index in [1.165, 1.54) is 5.56 Å². The monoisotopic (exact) mass is 342 g/mol. The second-order valence-corrected chi connectivity index (χ2v) is 8.84. The van der Waals surface area contributed by atoms with E-state index in [2.05, 4.69) is 30.1 Å². The summed E-state index contributed by atoms with van der Waals surface area (Å²) in [6, 6.07) is 17.1. The van der Waals surface area contributed by atoms with Crippen LogP contribution in [0, 0.1) is 5.92 Å². The van der Waals surface area contributed by atoms with Gasteiger partial charge in [0.2, 0.25) is 10.0 Å². The van der Waals surface area contributed by atoms with Crippen molar-refractivity contribution in [3.05, 3.63) is 65.7 Å². The number of nitrogens with zero attached hydrogens (tertiary/aromatic N) is 2. The number of rotatable bonds is 2. The zero-order valence-corrected chi connectivity index (χ0v) is 14.6. The lowest BCUT2D eigenvalue weighted by molar-refractivity contribution is 0.328. The number of benzene rings is 2. The number of hydrogen-bond donors (Lipinski definition) is 0. The van der Waals surface area contributed by atoms with Gasteiger partial charge >= 0.3 is 0 Å². The van der Waals surface area contributed by atoms with Crippen molar-refractivity contribution in [2.75, 3.05) is 26.7 Å². The van der Waals surface area contributed by atoms with Gasteiger partial charge in [-0.2, -0.15) is 4.31 Å². The molecule has 4 nitrogen and oxygen atoms in total. The number of sulfonamides is 1. The smallest absolute Gasteiger partial charge is 0.243 e. The maximum absolute atomic E-state index is 13.1. The molecule has 0 N–H and O–H groups in total. The topological polar surface area (TPSA) is 40.6 Å². The minimum Gasteiger partial charge on any atom is -0.305 e. The molecule has 0 unspecified atom stereocenters. The molecule has 0 amide bonds. The van der Waals surface area contributed by atoms with Crippen LogP contribution >= 0.6 is 0 Å². The van der Waals surface area contributed by atoms with Crippen molar-refractivity contribution in [1.29, 1.82) is 0 Å². The highest BCUT2D eigenvalue weighted by molar-refractivity contribution is 7.89. The van der Waals surface area contributed by atoms with Gasteiger partial charge in [-0.05, 0) is 36.2 Å². The minimum atomic E-state index is -3.47. The third kappa shape index (κ3) is 2.66. The Morgan fingerprint density at radius 3 is 2.42 bits per heavy atom. The quantitative estimate of drug-likeness (QED) is 0.842. The lowest BCUT2D eigenvalue weighted by Gasteiger charge is -2.24. The van der Waals surface area contributed by atoms with Crippen LogP contribution in [0.5, 0.6) is 0 Å². The van der Waals surface area contributed by atoms with Crippen molar-refractivity contribution >= 4 is 10.0 Å². The van der Waals surface area contributed by atoms with Gasteiger partial charge in [0.25, 0.3) is 0 Å². The molecule has 126 valence electrons. The Balaban J connectivity index is 1.77. The van der Waals surface area contributed by atoms with Crippen LogP contribution in [-0.2, 0) is 16.6 Å². The highest BCUT2D eigenvalue weighted by Crippen LogP contribution is 2.38. The molecule has 2 aliphatic rings. The molecule has 1 fully saturated rings. The average molecular weight is 342 g/mol. The van der Waals surface area contributed by atoms with Crippen LogP contribution in [0.3, 0.4) is 0 Å². The average Bonchev–Trinajstić information content (AvgIpc) is 2.88. The molecule has 1 saturated heterocycles. The molecule has 2 aliphatic heterocycles. The second-order valence-electron chi connectivity index (χ2n) is 6.90. The second kappa shape index (κ2) is 5.99. The van der Waals surface area contributed by atoms with Crippen LogP contribution in [0.25, 0.3) is 0 Å². The Kier molecular flexibility index (Phi) is 3.95. The maximum Gasteiger partial charge on any atom is 0.243 e. The first-order chi connectivity index (χ1) is 11.6. The van der Waals surface area contributed by atoms with E-state index in [1.54, 1.807) is 28.6 Å². The molecule has 0 aliphatic carbocycles. The van der Waals surface area contributed by atoms with Crippen LogP contribution in [-0.4, -0.2) is 44.3 Å². The summed E-state index contributed by atoms with van der Waals surface area (Å²) >= 11 is 0. The maximum atomic E-state index is 13.1. The van der Waals surface area contributed by atoms with Gasteiger partial charge in [-0.3, -0.25) is 0 Å². The molecule has 24 heavy (non-hydrogen) atoms. The van der Waals surface area contributed by atoms with E-state index < -0.39 is 10.0 Å². The summed E-state index contributed by atoms with van der Waals surface area (Å²) in [4.78, 5) is 2.69. The molecule has 2 aromatic carbocycles. The molecule has 0 bridgehead atoms. The van der Waals surface area contributed by atoms with Crippen LogP contribution < -0.4 is 0 Å². The largest absolute Gasteiger partial charge is 0.305 e. The van der Waals surface area contributed by atoms with Crippen LogP contribution in [0.15, 0.2) is 59.5 Å². The van der Waals surface area contributed by atoms with Crippen LogP contribution in [0.4, 0.5) is 0 Å². The summed E-state index contributed by atoms with van der Waals surface area (Å²) < 4.78 is 27.9. The van der Waals surface area contributed by atoms with Gasteiger partial charge in [0.05, 0.1) is 4.90 Å². The predicted octanol–water partition coefficient (Wildman–Crippen LogP) is 2.54. The normalized spacial score (nSPS) is 25.0. The van der Waals surface area contributed by atoms with Crippen molar-refractivity contribution in [2.24, 2.45) is 5.92 Å². The first-order valence-electron chi connectivity index (χ1n) is 8.37. The molecule has 0 saturated carbocycles. The van der Waals surface area contributed by atoms with E-state index >= 15 is 0 Å². The SMILES string of the molecule is CN1C[C@H]2CN(S(=O)(=O)c3ccccc3)Cc3ccccc3[C@@H]2C1. The fourth-order valence-electron chi connectivity index (χ4n) is 4.10. The Morgan fingerprint density at radius 1 is 0.917 bits per heavy atom.